The Labute approximate surface area is 213 Å². The van der Waals surface area contributed by atoms with Gasteiger partial charge in [0.05, 0.1) is 20.5 Å². The van der Waals surface area contributed by atoms with E-state index in [1.54, 1.807) is 18.2 Å². The Morgan fingerprint density at radius 3 is 1.94 bits per heavy atom. The van der Waals surface area contributed by atoms with E-state index in [2.05, 4.69) is 9.89 Å². The molecule has 0 heterocycles. The number of amides is 1. The van der Waals surface area contributed by atoms with E-state index in [9.17, 15) is 31.6 Å². The molecule has 0 saturated heterocycles. The lowest BCUT2D eigenvalue weighted by Crippen LogP contribution is -2.17. The lowest BCUT2D eigenvalue weighted by molar-refractivity contribution is -0.274. The molecule has 0 unspecified atom stereocenters. The van der Waals surface area contributed by atoms with E-state index in [-0.39, 0.29) is 26.2 Å². The minimum absolute atomic E-state index is 0.00288. The Bertz CT molecular complexity index is 1330. The molecule has 8 nitrogen and oxygen atoms in total. The molecule has 0 aliphatic heterocycles. The first-order chi connectivity index (χ1) is 16.7. The molecule has 0 bridgehead atoms. The van der Waals surface area contributed by atoms with Crippen LogP contribution in [0.5, 0.6) is 5.75 Å². The highest BCUT2D eigenvalue weighted by Gasteiger charge is 2.31. The maximum absolute atomic E-state index is 12.6. The number of oxime groups is 1. The molecule has 0 radical (unpaired) electrons. The lowest BCUT2D eigenvalue weighted by Gasteiger charge is -2.10. The zero-order chi connectivity index (χ0) is 27.1. The third kappa shape index (κ3) is 8.04. The number of carboxylic acid groups (broad SMARTS) is 1. The van der Waals surface area contributed by atoms with Crippen LogP contribution >= 0.6 is 23.2 Å². The second-order valence-corrected chi connectivity index (χ2v) is 9.50. The van der Waals surface area contributed by atoms with Crippen LogP contribution in [0.15, 0.2) is 76.8 Å². The van der Waals surface area contributed by atoms with Gasteiger partial charge < -0.3 is 15.1 Å². The van der Waals surface area contributed by atoms with Gasteiger partial charge in [-0.1, -0.05) is 52.1 Å². The molecule has 3 aromatic carbocycles. The second kappa shape index (κ2) is 12.0. The molecule has 3 N–H and O–H groups in total. The summed E-state index contributed by atoms with van der Waals surface area (Å²) in [5.74, 6) is -0.404. The number of halogens is 5. The molecule has 14 heteroatoms. The van der Waals surface area contributed by atoms with Crippen LogP contribution in [0.2, 0.25) is 10.0 Å². The summed E-state index contributed by atoms with van der Waals surface area (Å²) in [6.07, 6.45) is -6.04. The standard InChI is InChI=1S/C14H11Cl2NO3S.C8H6F3NO3/c1-9-5-7-10(8-6-9)21(19,20)14(17-18)13-11(15)3-2-4-12(13)16;9-8(10,11)15-6-3-1-5(2-4-6)12-7(13)14/h2-8,18H,1H3;1-4,12H,(H,13,14)/b17-14+;. The predicted octanol–water partition coefficient (Wildman–Crippen LogP) is 6.59. The highest BCUT2D eigenvalue weighted by atomic mass is 35.5. The molecule has 1 amide bonds. The number of carbonyl (C=O) groups is 1. The molecule has 192 valence electrons. The zero-order valence-corrected chi connectivity index (χ0v) is 20.5. The molecule has 0 saturated carbocycles. The van der Waals surface area contributed by atoms with Gasteiger partial charge in [0.2, 0.25) is 14.9 Å². The fourth-order valence-electron chi connectivity index (χ4n) is 2.63. The van der Waals surface area contributed by atoms with Crippen molar-refractivity contribution in [2.75, 3.05) is 5.32 Å². The van der Waals surface area contributed by atoms with Crippen molar-refractivity contribution in [2.45, 2.75) is 18.2 Å². The van der Waals surface area contributed by atoms with Crippen molar-refractivity contribution in [2.24, 2.45) is 5.16 Å². The summed E-state index contributed by atoms with van der Waals surface area (Å²) >= 11 is 12.0. The number of ether oxygens (including phenoxy) is 1. The van der Waals surface area contributed by atoms with E-state index in [0.717, 1.165) is 29.8 Å². The van der Waals surface area contributed by atoms with Gasteiger partial charge >= 0.3 is 12.5 Å². The first-order valence-electron chi connectivity index (χ1n) is 9.58. The van der Waals surface area contributed by atoms with Crippen molar-refractivity contribution < 1.29 is 41.4 Å². The number of rotatable bonds is 4. The number of aryl methyl sites for hydroxylation is 1. The maximum atomic E-state index is 12.6. The van der Waals surface area contributed by atoms with Gasteiger partial charge in [-0.25, -0.2) is 13.2 Å². The minimum atomic E-state index is -4.75. The number of alkyl halides is 3. The van der Waals surface area contributed by atoms with E-state index < -0.39 is 33.1 Å². The highest BCUT2D eigenvalue weighted by Crippen LogP contribution is 2.29. The largest absolute Gasteiger partial charge is 0.573 e. The van der Waals surface area contributed by atoms with Gasteiger partial charge in [0, 0.05) is 5.69 Å². The first-order valence-corrected chi connectivity index (χ1v) is 11.8. The summed E-state index contributed by atoms with van der Waals surface area (Å²) in [6, 6.07) is 15.0. The van der Waals surface area contributed by atoms with Gasteiger partial charge in [-0.15, -0.1) is 13.2 Å². The van der Waals surface area contributed by atoms with Crippen LogP contribution in [0.1, 0.15) is 11.1 Å². The van der Waals surface area contributed by atoms with Gasteiger partial charge in [0.1, 0.15) is 5.75 Å². The highest BCUT2D eigenvalue weighted by molar-refractivity contribution is 8.07. The van der Waals surface area contributed by atoms with Crippen molar-refractivity contribution in [3.63, 3.8) is 0 Å². The Morgan fingerprint density at radius 2 is 1.50 bits per heavy atom. The van der Waals surface area contributed by atoms with E-state index in [1.165, 1.54) is 24.3 Å². The second-order valence-electron chi connectivity index (χ2n) is 6.82. The average molecular weight is 565 g/mol. The SMILES string of the molecule is Cc1ccc(S(=O)(=O)/C(=N/O)c2c(Cl)cccc2Cl)cc1.O=C(O)Nc1ccc(OC(F)(F)F)cc1. The fourth-order valence-corrected chi connectivity index (χ4v) is 4.63. The molecule has 36 heavy (non-hydrogen) atoms. The van der Waals surface area contributed by atoms with Crippen LogP contribution in [-0.2, 0) is 9.84 Å². The van der Waals surface area contributed by atoms with E-state index in [4.69, 9.17) is 28.3 Å². The van der Waals surface area contributed by atoms with Crippen molar-refractivity contribution in [1.82, 2.24) is 0 Å². The monoisotopic (exact) mass is 564 g/mol. The van der Waals surface area contributed by atoms with Gasteiger partial charge in [-0.2, -0.15) is 0 Å². The molecule has 0 aliphatic carbocycles. The van der Waals surface area contributed by atoms with Gasteiger partial charge in [0.15, 0.2) is 0 Å². The molecule has 0 aliphatic rings. The fraction of sp³-hybridized carbons (Fsp3) is 0.0909. The van der Waals surface area contributed by atoms with Crippen molar-refractivity contribution in [1.29, 1.82) is 0 Å². The molecule has 0 spiro atoms. The molecule has 0 aromatic heterocycles. The number of sulfone groups is 1. The van der Waals surface area contributed by atoms with Crippen LogP contribution in [-0.4, -0.2) is 36.2 Å². The van der Waals surface area contributed by atoms with Crippen LogP contribution in [0, 0.1) is 6.92 Å². The minimum Gasteiger partial charge on any atom is -0.465 e. The molecule has 0 atom stereocenters. The number of hydrogen-bond acceptors (Lipinski definition) is 6. The van der Waals surface area contributed by atoms with Gasteiger partial charge in [0.25, 0.3) is 0 Å². The van der Waals surface area contributed by atoms with Crippen LogP contribution in [0.4, 0.5) is 23.7 Å². The van der Waals surface area contributed by atoms with Gasteiger partial charge in [-0.05, 0) is 55.5 Å². The van der Waals surface area contributed by atoms with Crippen molar-refractivity contribution >= 4 is 49.9 Å². The number of anilines is 1. The molecule has 0 fully saturated rings. The zero-order valence-electron chi connectivity index (χ0n) is 18.1. The van der Waals surface area contributed by atoms with E-state index in [0.29, 0.717) is 0 Å². The summed E-state index contributed by atoms with van der Waals surface area (Å²) in [4.78, 5) is 10.2. The first kappa shape index (κ1) is 28.8. The maximum Gasteiger partial charge on any atom is 0.573 e. The molecule has 3 rings (SSSR count). The third-order valence-electron chi connectivity index (χ3n) is 4.19. The van der Waals surface area contributed by atoms with Crippen molar-refractivity contribution in [3.8, 4) is 5.75 Å². The molecular formula is C22H17Cl2F3N2O6S. The number of nitrogens with zero attached hydrogens (tertiary/aromatic N) is 1. The smallest absolute Gasteiger partial charge is 0.465 e. The van der Waals surface area contributed by atoms with Crippen LogP contribution in [0.25, 0.3) is 0 Å². The third-order valence-corrected chi connectivity index (χ3v) is 6.51. The molecular weight excluding hydrogens is 548 g/mol. The quantitative estimate of drug-likeness (QED) is 0.142. The summed E-state index contributed by atoms with van der Waals surface area (Å²) in [7, 11) is -4.03. The summed E-state index contributed by atoms with van der Waals surface area (Å²) in [5.41, 5.74) is 1.05. The van der Waals surface area contributed by atoms with E-state index in [1.807, 2.05) is 12.2 Å². The number of benzene rings is 3. The summed E-state index contributed by atoms with van der Waals surface area (Å²) < 4.78 is 63.9. The van der Waals surface area contributed by atoms with E-state index >= 15 is 0 Å². The van der Waals surface area contributed by atoms with Crippen LogP contribution in [0.3, 0.4) is 0 Å². The topological polar surface area (TPSA) is 125 Å². The lowest BCUT2D eigenvalue weighted by atomic mass is 10.2. The Morgan fingerprint density at radius 1 is 0.972 bits per heavy atom. The summed E-state index contributed by atoms with van der Waals surface area (Å²) in [5, 5.41) is 22.0. The molecule has 3 aromatic rings. The number of hydrogen-bond donors (Lipinski definition) is 3. The summed E-state index contributed by atoms with van der Waals surface area (Å²) in [6.45, 7) is 1.84. The van der Waals surface area contributed by atoms with Gasteiger partial charge in [-0.3, -0.25) is 5.32 Å². The normalized spacial score (nSPS) is 11.8. The predicted molar refractivity (Wildman–Crippen MR) is 128 cm³/mol. The number of nitrogens with one attached hydrogen (secondary N) is 1. The van der Waals surface area contributed by atoms with Crippen molar-refractivity contribution in [3.05, 3.63) is 87.9 Å². The van der Waals surface area contributed by atoms with Crippen LogP contribution < -0.4 is 10.1 Å². The Kier molecular flexibility index (Phi) is 9.56. The Balaban J connectivity index is 0.000000269. The average Bonchev–Trinajstić information content (AvgIpc) is 2.77. The Hall–Kier alpha value is -3.48.